The van der Waals surface area contributed by atoms with Crippen molar-refractivity contribution in [1.82, 2.24) is 24.1 Å². The zero-order valence-corrected chi connectivity index (χ0v) is 15.4. The summed E-state index contributed by atoms with van der Waals surface area (Å²) in [5.41, 5.74) is 1.97. The van der Waals surface area contributed by atoms with E-state index in [4.69, 9.17) is 4.74 Å². The second kappa shape index (κ2) is 7.39. The molecule has 0 aliphatic rings. The van der Waals surface area contributed by atoms with Crippen LogP contribution in [0.25, 0.3) is 11.2 Å². The minimum atomic E-state index is -0.546. The number of nitrogens with one attached hydrogen (secondary N) is 1. The first-order valence-corrected chi connectivity index (χ1v) is 8.13. The molecule has 28 heavy (non-hydrogen) atoms. The highest BCUT2D eigenvalue weighted by atomic mass is 16.5. The average molecular weight is 386 g/mol. The topological polar surface area (TPSA) is 133 Å². The lowest BCUT2D eigenvalue weighted by Gasteiger charge is -2.06. The van der Waals surface area contributed by atoms with Gasteiger partial charge in [-0.05, 0) is 12.1 Å². The predicted molar refractivity (Wildman–Crippen MR) is 101 cm³/mol. The van der Waals surface area contributed by atoms with Crippen LogP contribution in [0.1, 0.15) is 5.56 Å². The number of carbonyl (C=O) groups is 1. The lowest BCUT2D eigenvalue weighted by molar-refractivity contribution is -0.121. The Hall–Kier alpha value is -3.89. The fourth-order valence-corrected chi connectivity index (χ4v) is 2.64. The van der Waals surface area contributed by atoms with Crippen LogP contribution in [0.5, 0.6) is 11.5 Å². The second-order valence-electron chi connectivity index (χ2n) is 5.97. The number of ether oxygens (including phenoxy) is 1. The number of aromatic nitrogens is 4. The van der Waals surface area contributed by atoms with Crippen LogP contribution in [-0.2, 0) is 25.4 Å². The van der Waals surface area contributed by atoms with E-state index in [1.807, 2.05) is 0 Å². The van der Waals surface area contributed by atoms with E-state index in [0.717, 1.165) is 4.57 Å². The minimum Gasteiger partial charge on any atom is -0.507 e. The Morgan fingerprint density at radius 3 is 2.75 bits per heavy atom. The molecule has 0 saturated heterocycles. The number of aryl methyl sites for hydroxylation is 1. The van der Waals surface area contributed by atoms with E-state index in [0.29, 0.717) is 11.3 Å². The van der Waals surface area contributed by atoms with E-state index in [1.165, 1.54) is 48.9 Å². The van der Waals surface area contributed by atoms with Crippen LogP contribution in [0.15, 0.2) is 39.2 Å². The number of imidazole rings is 1. The van der Waals surface area contributed by atoms with Gasteiger partial charge >= 0.3 is 5.69 Å². The average Bonchev–Trinajstić information content (AvgIpc) is 3.09. The van der Waals surface area contributed by atoms with Gasteiger partial charge in [0.05, 0.1) is 19.7 Å². The third-order valence-corrected chi connectivity index (χ3v) is 4.16. The van der Waals surface area contributed by atoms with Gasteiger partial charge in [0.25, 0.3) is 11.5 Å². The molecule has 11 nitrogen and oxygen atoms in total. The van der Waals surface area contributed by atoms with Gasteiger partial charge in [0.1, 0.15) is 18.0 Å². The molecular weight excluding hydrogens is 368 g/mol. The first-order chi connectivity index (χ1) is 13.3. The van der Waals surface area contributed by atoms with Crippen molar-refractivity contribution < 1.29 is 14.6 Å². The third kappa shape index (κ3) is 3.37. The van der Waals surface area contributed by atoms with E-state index in [-0.39, 0.29) is 23.5 Å². The summed E-state index contributed by atoms with van der Waals surface area (Å²) in [6, 6.07) is 4.64. The SMILES string of the molecule is COc1ccc(/C=N\NC(=O)Cn2cnc3c2c(=O)n(C)c(=O)n3C)c(O)c1. The van der Waals surface area contributed by atoms with Crippen molar-refractivity contribution in [3.05, 3.63) is 50.9 Å². The Balaban J connectivity index is 1.77. The second-order valence-corrected chi connectivity index (χ2v) is 5.97. The Bertz CT molecular complexity index is 1200. The minimum absolute atomic E-state index is 0.0534. The van der Waals surface area contributed by atoms with Crippen molar-refractivity contribution in [2.24, 2.45) is 19.2 Å². The number of hydrogen-bond donors (Lipinski definition) is 2. The number of nitrogens with zero attached hydrogens (tertiary/aromatic N) is 5. The van der Waals surface area contributed by atoms with Crippen LogP contribution in [0, 0.1) is 0 Å². The number of benzene rings is 1. The molecule has 0 radical (unpaired) electrons. The molecule has 1 aromatic carbocycles. The maximum absolute atomic E-state index is 12.3. The Labute approximate surface area is 158 Å². The molecule has 146 valence electrons. The summed E-state index contributed by atoms with van der Waals surface area (Å²) in [5, 5.41) is 13.6. The zero-order valence-electron chi connectivity index (χ0n) is 15.4. The lowest BCUT2D eigenvalue weighted by Crippen LogP contribution is -2.38. The largest absolute Gasteiger partial charge is 0.507 e. The predicted octanol–water partition coefficient (Wildman–Crippen LogP) is -0.702. The van der Waals surface area contributed by atoms with Crippen molar-refractivity contribution in [3.8, 4) is 11.5 Å². The van der Waals surface area contributed by atoms with Crippen LogP contribution < -0.4 is 21.4 Å². The first kappa shape index (κ1) is 18.9. The number of rotatable bonds is 5. The fourth-order valence-electron chi connectivity index (χ4n) is 2.64. The number of hydrazone groups is 1. The van der Waals surface area contributed by atoms with Crippen LogP contribution in [-0.4, -0.2) is 43.0 Å². The highest BCUT2D eigenvalue weighted by Gasteiger charge is 2.15. The molecule has 3 rings (SSSR count). The van der Waals surface area contributed by atoms with Crippen molar-refractivity contribution in [1.29, 1.82) is 0 Å². The van der Waals surface area contributed by atoms with Crippen LogP contribution in [0.3, 0.4) is 0 Å². The smallest absolute Gasteiger partial charge is 0.332 e. The Morgan fingerprint density at radius 1 is 1.32 bits per heavy atom. The van der Waals surface area contributed by atoms with Gasteiger partial charge in [-0.2, -0.15) is 5.10 Å². The van der Waals surface area contributed by atoms with Gasteiger partial charge in [0.2, 0.25) is 0 Å². The quantitative estimate of drug-likeness (QED) is 0.440. The maximum atomic E-state index is 12.3. The molecular formula is C17H18N6O5. The summed E-state index contributed by atoms with van der Waals surface area (Å²) < 4.78 is 8.51. The van der Waals surface area contributed by atoms with Crippen molar-refractivity contribution in [3.63, 3.8) is 0 Å². The van der Waals surface area contributed by atoms with Gasteiger partial charge in [0.15, 0.2) is 11.2 Å². The Kier molecular flexibility index (Phi) is 4.98. The van der Waals surface area contributed by atoms with Crippen LogP contribution in [0.2, 0.25) is 0 Å². The van der Waals surface area contributed by atoms with Crippen molar-refractivity contribution >= 4 is 23.3 Å². The maximum Gasteiger partial charge on any atom is 0.332 e. The number of hydrogen-bond acceptors (Lipinski definition) is 7. The summed E-state index contributed by atoms with van der Waals surface area (Å²) in [6.45, 7) is -0.226. The molecule has 0 bridgehead atoms. The van der Waals surface area contributed by atoms with Gasteiger partial charge in [-0.25, -0.2) is 15.2 Å². The van der Waals surface area contributed by atoms with Gasteiger partial charge in [-0.15, -0.1) is 0 Å². The summed E-state index contributed by atoms with van der Waals surface area (Å²) in [5.74, 6) is -0.0801. The standard InChI is InChI=1S/C17H18N6O5/c1-21-15-14(16(26)22(2)17(21)27)23(9-18-15)8-13(25)20-19-7-10-4-5-11(28-3)6-12(10)24/h4-7,9,24H,8H2,1-3H3,(H,20,25)/b19-7-. The van der Waals surface area contributed by atoms with E-state index in [2.05, 4.69) is 15.5 Å². The summed E-state index contributed by atoms with van der Waals surface area (Å²) in [4.78, 5) is 40.5. The molecule has 3 aromatic rings. The van der Waals surface area contributed by atoms with E-state index >= 15 is 0 Å². The normalized spacial score (nSPS) is 11.2. The summed E-state index contributed by atoms with van der Waals surface area (Å²) in [7, 11) is 4.33. The van der Waals surface area contributed by atoms with Gasteiger partial charge in [-0.3, -0.25) is 18.7 Å². The molecule has 0 aliphatic carbocycles. The monoisotopic (exact) mass is 386 g/mol. The number of aromatic hydroxyl groups is 1. The number of carbonyl (C=O) groups excluding carboxylic acids is 1. The molecule has 2 aromatic heterocycles. The number of phenolic OH excluding ortho intramolecular Hbond substituents is 1. The highest BCUT2D eigenvalue weighted by Crippen LogP contribution is 2.21. The van der Waals surface area contributed by atoms with E-state index in [9.17, 15) is 19.5 Å². The van der Waals surface area contributed by atoms with Crippen molar-refractivity contribution in [2.45, 2.75) is 6.54 Å². The molecule has 0 fully saturated rings. The van der Waals surface area contributed by atoms with Gasteiger partial charge in [0, 0.05) is 25.7 Å². The van der Waals surface area contributed by atoms with E-state index < -0.39 is 17.2 Å². The number of phenols is 1. The Morgan fingerprint density at radius 2 is 2.07 bits per heavy atom. The van der Waals surface area contributed by atoms with Gasteiger partial charge in [-0.1, -0.05) is 0 Å². The molecule has 2 heterocycles. The molecule has 1 amide bonds. The first-order valence-electron chi connectivity index (χ1n) is 8.13. The third-order valence-electron chi connectivity index (χ3n) is 4.16. The number of fused-ring (bicyclic) bond motifs is 1. The highest BCUT2D eigenvalue weighted by molar-refractivity contribution is 5.85. The molecule has 0 spiro atoms. The molecule has 0 saturated carbocycles. The lowest BCUT2D eigenvalue weighted by atomic mass is 10.2. The summed E-state index contributed by atoms with van der Waals surface area (Å²) in [6.07, 6.45) is 2.59. The molecule has 0 atom stereocenters. The molecule has 11 heteroatoms. The fraction of sp³-hybridized carbons (Fsp3) is 0.235. The van der Waals surface area contributed by atoms with Crippen molar-refractivity contribution in [2.75, 3.05) is 7.11 Å². The number of methoxy groups -OCH3 is 1. The zero-order chi connectivity index (χ0) is 20.4. The summed E-state index contributed by atoms with van der Waals surface area (Å²) >= 11 is 0. The van der Waals surface area contributed by atoms with E-state index in [1.54, 1.807) is 12.1 Å². The van der Waals surface area contributed by atoms with Crippen LogP contribution >= 0.6 is 0 Å². The molecule has 2 N–H and O–H groups in total. The molecule has 0 aliphatic heterocycles. The van der Waals surface area contributed by atoms with Gasteiger partial charge < -0.3 is 14.4 Å². The molecule has 0 unspecified atom stereocenters. The van der Waals surface area contributed by atoms with Crippen LogP contribution in [0.4, 0.5) is 0 Å². The number of amides is 1.